The zero-order chi connectivity index (χ0) is 10.5. The first kappa shape index (κ1) is 11.2. The maximum atomic E-state index is 3.74. The third-order valence-corrected chi connectivity index (χ3v) is 4.10. The van der Waals surface area contributed by atoms with Crippen LogP contribution >= 0.6 is 0 Å². The van der Waals surface area contributed by atoms with Crippen LogP contribution < -0.4 is 5.32 Å². The van der Waals surface area contributed by atoms with Gasteiger partial charge in [-0.2, -0.15) is 0 Å². The SMILES string of the molecule is C[C@@H]1CCC[C@@H]1NCCC1=CCCCC1. The number of hydrogen-bond acceptors (Lipinski definition) is 1. The van der Waals surface area contributed by atoms with E-state index in [9.17, 15) is 0 Å². The van der Waals surface area contributed by atoms with Crippen LogP contribution in [0.1, 0.15) is 58.3 Å². The Kier molecular flexibility index (Phi) is 4.25. The molecule has 0 aromatic rings. The van der Waals surface area contributed by atoms with Gasteiger partial charge in [-0.05, 0) is 57.4 Å². The van der Waals surface area contributed by atoms with Crippen molar-refractivity contribution in [2.24, 2.45) is 5.92 Å². The lowest BCUT2D eigenvalue weighted by Gasteiger charge is -2.19. The minimum Gasteiger partial charge on any atom is -0.313 e. The van der Waals surface area contributed by atoms with Crippen LogP contribution in [0.4, 0.5) is 0 Å². The standard InChI is InChI=1S/C14H25N/c1-12-6-5-9-14(12)15-11-10-13-7-3-2-4-8-13/h7,12,14-15H,2-6,8-11H2,1H3/t12-,14+/m1/s1. The van der Waals surface area contributed by atoms with Crippen molar-refractivity contribution in [1.82, 2.24) is 5.32 Å². The Balaban J connectivity index is 1.63. The zero-order valence-corrected chi connectivity index (χ0v) is 10.1. The van der Waals surface area contributed by atoms with E-state index in [1.54, 1.807) is 5.57 Å². The van der Waals surface area contributed by atoms with E-state index in [-0.39, 0.29) is 0 Å². The number of hydrogen-bond donors (Lipinski definition) is 1. The summed E-state index contributed by atoms with van der Waals surface area (Å²) in [6, 6.07) is 0.814. The van der Waals surface area contributed by atoms with E-state index in [1.165, 1.54) is 57.9 Å². The highest BCUT2D eigenvalue weighted by Crippen LogP contribution is 2.25. The fourth-order valence-electron chi connectivity index (χ4n) is 3.00. The molecule has 0 aromatic heterocycles. The lowest BCUT2D eigenvalue weighted by molar-refractivity contribution is 0.428. The summed E-state index contributed by atoms with van der Waals surface area (Å²) in [7, 11) is 0. The molecule has 0 bridgehead atoms. The topological polar surface area (TPSA) is 12.0 Å². The van der Waals surface area contributed by atoms with Crippen LogP contribution in [0.15, 0.2) is 11.6 Å². The summed E-state index contributed by atoms with van der Waals surface area (Å²) >= 11 is 0. The molecule has 1 saturated carbocycles. The largest absolute Gasteiger partial charge is 0.313 e. The summed E-state index contributed by atoms with van der Waals surface area (Å²) in [4.78, 5) is 0. The van der Waals surface area contributed by atoms with Gasteiger partial charge in [0, 0.05) is 6.04 Å². The van der Waals surface area contributed by atoms with Gasteiger partial charge in [-0.25, -0.2) is 0 Å². The van der Waals surface area contributed by atoms with Crippen molar-refractivity contribution in [2.45, 2.75) is 64.3 Å². The average Bonchev–Trinajstić information content (AvgIpc) is 2.66. The fourth-order valence-corrected chi connectivity index (χ4v) is 3.00. The molecule has 0 amide bonds. The number of rotatable bonds is 4. The summed E-state index contributed by atoms with van der Waals surface area (Å²) in [5, 5.41) is 3.74. The predicted molar refractivity (Wildman–Crippen MR) is 66.0 cm³/mol. The highest BCUT2D eigenvalue weighted by atomic mass is 14.9. The molecule has 2 aliphatic rings. The fraction of sp³-hybridized carbons (Fsp3) is 0.857. The van der Waals surface area contributed by atoms with Gasteiger partial charge < -0.3 is 5.32 Å². The lowest BCUT2D eigenvalue weighted by Crippen LogP contribution is -2.32. The average molecular weight is 207 g/mol. The van der Waals surface area contributed by atoms with E-state index in [2.05, 4.69) is 18.3 Å². The van der Waals surface area contributed by atoms with Crippen molar-refractivity contribution >= 4 is 0 Å². The molecular weight excluding hydrogens is 182 g/mol. The first-order valence-electron chi connectivity index (χ1n) is 6.77. The molecule has 2 aliphatic carbocycles. The third kappa shape index (κ3) is 3.34. The maximum Gasteiger partial charge on any atom is 0.00928 e. The van der Waals surface area contributed by atoms with Gasteiger partial charge in [0.2, 0.25) is 0 Å². The van der Waals surface area contributed by atoms with Crippen LogP contribution in [0.3, 0.4) is 0 Å². The molecular formula is C14H25N. The first-order valence-corrected chi connectivity index (χ1v) is 6.77. The monoisotopic (exact) mass is 207 g/mol. The van der Waals surface area contributed by atoms with Gasteiger partial charge in [-0.15, -0.1) is 0 Å². The summed E-state index contributed by atoms with van der Waals surface area (Å²) in [5.41, 5.74) is 1.71. The van der Waals surface area contributed by atoms with E-state index in [1.807, 2.05) is 0 Å². The minimum absolute atomic E-state index is 0.814. The Labute approximate surface area is 94.3 Å². The number of allylic oxidation sites excluding steroid dienone is 1. The Morgan fingerprint density at radius 3 is 2.87 bits per heavy atom. The lowest BCUT2D eigenvalue weighted by atomic mass is 9.97. The van der Waals surface area contributed by atoms with E-state index in [0.29, 0.717) is 0 Å². The van der Waals surface area contributed by atoms with E-state index in [0.717, 1.165) is 12.0 Å². The molecule has 0 saturated heterocycles. The summed E-state index contributed by atoms with van der Waals surface area (Å²) in [6.07, 6.45) is 13.6. The van der Waals surface area contributed by atoms with Crippen LogP contribution in [-0.2, 0) is 0 Å². The number of nitrogens with one attached hydrogen (secondary N) is 1. The van der Waals surface area contributed by atoms with Gasteiger partial charge in [0.15, 0.2) is 0 Å². The molecule has 0 unspecified atom stereocenters. The highest BCUT2D eigenvalue weighted by Gasteiger charge is 2.22. The minimum atomic E-state index is 0.814. The van der Waals surface area contributed by atoms with Crippen molar-refractivity contribution in [3.8, 4) is 0 Å². The van der Waals surface area contributed by atoms with Gasteiger partial charge in [0.1, 0.15) is 0 Å². The quantitative estimate of drug-likeness (QED) is 0.694. The molecule has 1 heteroatoms. The first-order chi connectivity index (χ1) is 7.36. The van der Waals surface area contributed by atoms with Crippen LogP contribution in [0, 0.1) is 5.92 Å². The van der Waals surface area contributed by atoms with Gasteiger partial charge in [0.05, 0.1) is 0 Å². The molecule has 1 nitrogen and oxygen atoms in total. The molecule has 1 fully saturated rings. The second-order valence-electron chi connectivity index (χ2n) is 5.33. The molecule has 0 spiro atoms. The second-order valence-corrected chi connectivity index (χ2v) is 5.33. The van der Waals surface area contributed by atoms with Crippen molar-refractivity contribution < 1.29 is 0 Å². The molecule has 0 heterocycles. The van der Waals surface area contributed by atoms with E-state index in [4.69, 9.17) is 0 Å². The highest BCUT2D eigenvalue weighted by molar-refractivity contribution is 5.05. The Bertz CT molecular complexity index is 219. The summed E-state index contributed by atoms with van der Waals surface area (Å²) in [5.74, 6) is 0.908. The van der Waals surface area contributed by atoms with Crippen LogP contribution in [0.5, 0.6) is 0 Å². The Hall–Kier alpha value is -0.300. The van der Waals surface area contributed by atoms with Crippen LogP contribution in [0.25, 0.3) is 0 Å². The van der Waals surface area contributed by atoms with Gasteiger partial charge >= 0.3 is 0 Å². The van der Waals surface area contributed by atoms with Crippen LogP contribution in [-0.4, -0.2) is 12.6 Å². The van der Waals surface area contributed by atoms with Crippen molar-refractivity contribution in [3.05, 3.63) is 11.6 Å². The predicted octanol–water partition coefficient (Wildman–Crippen LogP) is 3.66. The summed E-state index contributed by atoms with van der Waals surface area (Å²) in [6.45, 7) is 3.60. The summed E-state index contributed by atoms with van der Waals surface area (Å²) < 4.78 is 0. The maximum absolute atomic E-state index is 3.74. The molecule has 1 N–H and O–H groups in total. The molecule has 0 radical (unpaired) electrons. The molecule has 2 atom stereocenters. The molecule has 86 valence electrons. The smallest absolute Gasteiger partial charge is 0.00928 e. The third-order valence-electron chi connectivity index (χ3n) is 4.10. The van der Waals surface area contributed by atoms with Crippen molar-refractivity contribution in [1.29, 1.82) is 0 Å². The molecule has 0 aliphatic heterocycles. The van der Waals surface area contributed by atoms with Crippen LogP contribution in [0.2, 0.25) is 0 Å². The van der Waals surface area contributed by atoms with E-state index < -0.39 is 0 Å². The van der Waals surface area contributed by atoms with Crippen molar-refractivity contribution in [2.75, 3.05) is 6.54 Å². The molecule has 0 aromatic carbocycles. The van der Waals surface area contributed by atoms with E-state index >= 15 is 0 Å². The Morgan fingerprint density at radius 2 is 2.20 bits per heavy atom. The van der Waals surface area contributed by atoms with Crippen molar-refractivity contribution in [3.63, 3.8) is 0 Å². The van der Waals surface area contributed by atoms with Gasteiger partial charge in [-0.3, -0.25) is 0 Å². The van der Waals surface area contributed by atoms with Gasteiger partial charge in [0.25, 0.3) is 0 Å². The molecule has 2 rings (SSSR count). The second kappa shape index (κ2) is 5.69. The van der Waals surface area contributed by atoms with Gasteiger partial charge in [-0.1, -0.05) is 25.0 Å². The molecule has 15 heavy (non-hydrogen) atoms. The zero-order valence-electron chi connectivity index (χ0n) is 10.1. The normalized spacial score (nSPS) is 31.7. The Morgan fingerprint density at radius 1 is 1.27 bits per heavy atom.